The highest BCUT2D eigenvalue weighted by Crippen LogP contribution is 2.31. The zero-order valence-corrected chi connectivity index (χ0v) is 20.4. The molecule has 0 aliphatic heterocycles. The minimum absolute atomic E-state index is 0.119. The highest BCUT2D eigenvalue weighted by Gasteiger charge is 2.25. The predicted molar refractivity (Wildman–Crippen MR) is 130 cm³/mol. The van der Waals surface area contributed by atoms with Crippen molar-refractivity contribution < 1.29 is 22.0 Å². The SMILES string of the molecule is CCCCN(C)S(=O)(=O)c1ccc(C(=O)N(Cc2ccco2)c2nc3ccc(F)cc3s2)cc1. The molecule has 34 heavy (non-hydrogen) atoms. The molecule has 178 valence electrons. The number of furan rings is 1. The van der Waals surface area contributed by atoms with Crippen LogP contribution in [0.15, 0.2) is 70.2 Å². The Morgan fingerprint density at radius 3 is 2.59 bits per heavy atom. The van der Waals surface area contributed by atoms with Crippen LogP contribution in [0.4, 0.5) is 9.52 Å². The number of thiazole rings is 1. The van der Waals surface area contributed by atoms with Gasteiger partial charge in [-0.25, -0.2) is 22.1 Å². The van der Waals surface area contributed by atoms with Gasteiger partial charge < -0.3 is 4.42 Å². The van der Waals surface area contributed by atoms with Crippen molar-refractivity contribution in [3.8, 4) is 0 Å². The van der Waals surface area contributed by atoms with Crippen LogP contribution in [-0.4, -0.2) is 37.2 Å². The van der Waals surface area contributed by atoms with E-state index in [1.807, 2.05) is 6.92 Å². The lowest BCUT2D eigenvalue weighted by atomic mass is 10.2. The summed E-state index contributed by atoms with van der Waals surface area (Å²) in [5.74, 6) is -0.206. The quantitative estimate of drug-likeness (QED) is 0.311. The lowest BCUT2D eigenvalue weighted by molar-refractivity contribution is 0.0983. The number of hydrogen-bond acceptors (Lipinski definition) is 6. The minimum atomic E-state index is -3.64. The molecular formula is C24H24FN3O4S2. The van der Waals surface area contributed by atoms with Gasteiger partial charge in [0.15, 0.2) is 5.13 Å². The third kappa shape index (κ3) is 5.03. The molecule has 0 aliphatic rings. The van der Waals surface area contributed by atoms with Crippen molar-refractivity contribution in [3.63, 3.8) is 0 Å². The molecule has 10 heteroatoms. The number of carbonyl (C=O) groups is 1. The molecule has 0 fully saturated rings. The number of hydrogen-bond donors (Lipinski definition) is 0. The zero-order valence-electron chi connectivity index (χ0n) is 18.8. The van der Waals surface area contributed by atoms with Gasteiger partial charge in [-0.15, -0.1) is 0 Å². The molecular weight excluding hydrogens is 477 g/mol. The van der Waals surface area contributed by atoms with E-state index in [0.717, 1.165) is 12.8 Å². The van der Waals surface area contributed by atoms with Gasteiger partial charge >= 0.3 is 0 Å². The number of benzene rings is 2. The smallest absolute Gasteiger partial charge is 0.260 e. The Labute approximate surface area is 201 Å². The van der Waals surface area contributed by atoms with Crippen LogP contribution < -0.4 is 4.90 Å². The average Bonchev–Trinajstić information content (AvgIpc) is 3.49. The number of halogens is 1. The summed E-state index contributed by atoms with van der Waals surface area (Å²) in [6.07, 6.45) is 3.16. The number of nitrogens with zero attached hydrogens (tertiary/aromatic N) is 3. The van der Waals surface area contributed by atoms with Crippen LogP contribution in [-0.2, 0) is 16.6 Å². The van der Waals surface area contributed by atoms with Crippen molar-refractivity contribution in [2.45, 2.75) is 31.2 Å². The van der Waals surface area contributed by atoms with Crippen LogP contribution in [0.5, 0.6) is 0 Å². The Morgan fingerprint density at radius 2 is 1.91 bits per heavy atom. The number of carbonyl (C=O) groups excluding carboxylic acids is 1. The summed E-state index contributed by atoms with van der Waals surface area (Å²) in [6.45, 7) is 2.54. The summed E-state index contributed by atoms with van der Waals surface area (Å²) >= 11 is 1.19. The molecule has 4 aromatic rings. The Bertz CT molecular complexity index is 1380. The van der Waals surface area contributed by atoms with E-state index >= 15 is 0 Å². The van der Waals surface area contributed by atoms with Gasteiger partial charge in [-0.3, -0.25) is 9.69 Å². The molecule has 0 atom stereocenters. The number of rotatable bonds is 9. The van der Waals surface area contributed by atoms with Crippen molar-refractivity contribution in [1.29, 1.82) is 0 Å². The zero-order chi connectivity index (χ0) is 24.3. The molecule has 0 radical (unpaired) electrons. The van der Waals surface area contributed by atoms with Crippen molar-refractivity contribution in [1.82, 2.24) is 9.29 Å². The highest BCUT2D eigenvalue weighted by atomic mass is 32.2. The number of fused-ring (bicyclic) bond motifs is 1. The summed E-state index contributed by atoms with van der Waals surface area (Å²) in [5, 5.41) is 0.387. The molecule has 4 rings (SSSR count). The van der Waals surface area contributed by atoms with Gasteiger partial charge in [0.1, 0.15) is 11.6 Å². The van der Waals surface area contributed by atoms with Crippen LogP contribution in [0.1, 0.15) is 35.9 Å². The second-order valence-corrected chi connectivity index (χ2v) is 10.8. The molecule has 2 heterocycles. The molecule has 1 amide bonds. The Hall–Kier alpha value is -3.08. The summed E-state index contributed by atoms with van der Waals surface area (Å²) in [5.41, 5.74) is 0.877. The lowest BCUT2D eigenvalue weighted by Crippen LogP contribution is -2.30. The number of unbranched alkanes of at least 4 members (excludes halogenated alkanes) is 1. The van der Waals surface area contributed by atoms with Crippen molar-refractivity contribution in [2.24, 2.45) is 0 Å². The number of sulfonamides is 1. The van der Waals surface area contributed by atoms with E-state index in [1.54, 1.807) is 25.2 Å². The Morgan fingerprint density at radius 1 is 1.15 bits per heavy atom. The third-order valence-corrected chi connectivity index (χ3v) is 8.26. The third-order valence-electron chi connectivity index (χ3n) is 5.35. The minimum Gasteiger partial charge on any atom is -0.467 e. The second kappa shape index (κ2) is 10.0. The van der Waals surface area contributed by atoms with E-state index < -0.39 is 10.0 Å². The first-order valence-corrected chi connectivity index (χ1v) is 13.0. The largest absolute Gasteiger partial charge is 0.467 e. The van der Waals surface area contributed by atoms with Gasteiger partial charge in [-0.2, -0.15) is 0 Å². The van der Waals surface area contributed by atoms with E-state index in [9.17, 15) is 17.6 Å². The molecule has 7 nitrogen and oxygen atoms in total. The van der Waals surface area contributed by atoms with E-state index in [-0.39, 0.29) is 23.2 Å². The summed E-state index contributed by atoms with van der Waals surface area (Å²) in [7, 11) is -2.09. The molecule has 2 aromatic heterocycles. The maximum Gasteiger partial charge on any atom is 0.260 e. The predicted octanol–water partition coefficient (Wildman–Crippen LogP) is 5.30. The Kier molecular flexibility index (Phi) is 7.11. The Balaban J connectivity index is 1.64. The van der Waals surface area contributed by atoms with Crippen molar-refractivity contribution in [3.05, 3.63) is 78.0 Å². The monoisotopic (exact) mass is 501 g/mol. The molecule has 0 aliphatic carbocycles. The fourth-order valence-electron chi connectivity index (χ4n) is 3.39. The first kappa shape index (κ1) is 24.1. The molecule has 0 unspecified atom stereocenters. The van der Waals surface area contributed by atoms with E-state index in [2.05, 4.69) is 4.98 Å². The molecule has 0 N–H and O–H groups in total. The number of anilines is 1. The highest BCUT2D eigenvalue weighted by molar-refractivity contribution is 7.89. The normalized spacial score (nSPS) is 11.9. The van der Waals surface area contributed by atoms with Crippen LogP contribution in [0.3, 0.4) is 0 Å². The topological polar surface area (TPSA) is 83.7 Å². The van der Waals surface area contributed by atoms with Crippen LogP contribution in [0, 0.1) is 5.82 Å². The van der Waals surface area contributed by atoms with Gasteiger partial charge in [-0.1, -0.05) is 24.7 Å². The summed E-state index contributed by atoms with van der Waals surface area (Å²) in [6, 6.07) is 13.6. The van der Waals surface area contributed by atoms with Crippen molar-refractivity contribution >= 4 is 42.6 Å². The standard InChI is InChI=1S/C24H24FN3O4S2/c1-3-4-13-27(2)34(30,31)20-10-7-17(8-11-20)23(29)28(16-19-6-5-14-32-19)24-26-21-12-9-18(25)15-22(21)33-24/h5-12,14-15H,3-4,13,16H2,1-2H3. The van der Waals surface area contributed by atoms with Crippen molar-refractivity contribution in [2.75, 3.05) is 18.5 Å². The summed E-state index contributed by atoms with van der Waals surface area (Å²) in [4.78, 5) is 19.5. The fourth-order valence-corrected chi connectivity index (χ4v) is 5.59. The van der Waals surface area contributed by atoms with Gasteiger partial charge in [0, 0.05) is 19.2 Å². The van der Waals surface area contributed by atoms with Crippen LogP contribution in [0.25, 0.3) is 10.2 Å². The molecule has 0 saturated carbocycles. The average molecular weight is 502 g/mol. The number of amides is 1. The first-order valence-electron chi connectivity index (χ1n) is 10.8. The molecule has 0 saturated heterocycles. The molecule has 2 aromatic carbocycles. The van der Waals surface area contributed by atoms with Gasteiger partial charge in [0.05, 0.1) is 27.9 Å². The van der Waals surface area contributed by atoms with E-state index in [0.29, 0.717) is 33.2 Å². The van der Waals surface area contributed by atoms with Crippen LogP contribution in [0.2, 0.25) is 0 Å². The maximum absolute atomic E-state index is 13.7. The summed E-state index contributed by atoms with van der Waals surface area (Å²) < 4.78 is 46.6. The molecule has 0 spiro atoms. The molecule has 0 bridgehead atoms. The van der Waals surface area contributed by atoms with Crippen LogP contribution >= 0.6 is 11.3 Å². The fraction of sp³-hybridized carbons (Fsp3) is 0.250. The van der Waals surface area contributed by atoms with Gasteiger partial charge in [0.25, 0.3) is 5.91 Å². The first-order chi connectivity index (χ1) is 16.3. The number of aromatic nitrogens is 1. The van der Waals surface area contributed by atoms with Gasteiger partial charge in [-0.05, 0) is 61.0 Å². The van der Waals surface area contributed by atoms with E-state index in [1.165, 1.54) is 63.2 Å². The van der Waals surface area contributed by atoms with Gasteiger partial charge in [0.2, 0.25) is 10.0 Å². The van der Waals surface area contributed by atoms with E-state index in [4.69, 9.17) is 4.42 Å². The lowest BCUT2D eigenvalue weighted by Gasteiger charge is -2.20. The second-order valence-electron chi connectivity index (χ2n) is 7.78. The maximum atomic E-state index is 13.7.